The van der Waals surface area contributed by atoms with Crippen LogP contribution in [0.2, 0.25) is 0 Å². The monoisotopic (exact) mass is 589 g/mol. The summed E-state index contributed by atoms with van der Waals surface area (Å²) in [4.78, 5) is 24.1. The second kappa shape index (κ2) is 12.8. The van der Waals surface area contributed by atoms with Crippen LogP contribution in [0.5, 0.6) is 5.75 Å². The quantitative estimate of drug-likeness (QED) is 0.181. The largest absolute Gasteiger partial charge is 0.492 e. The van der Waals surface area contributed by atoms with E-state index in [9.17, 15) is 4.79 Å². The highest BCUT2D eigenvalue weighted by Crippen LogP contribution is 2.35. The van der Waals surface area contributed by atoms with Crippen LogP contribution in [-0.4, -0.2) is 57.6 Å². The predicted molar refractivity (Wildman–Crippen MR) is 172 cm³/mol. The van der Waals surface area contributed by atoms with Gasteiger partial charge in [-0.3, -0.25) is 4.79 Å². The topological polar surface area (TPSA) is 96.7 Å². The van der Waals surface area contributed by atoms with E-state index in [2.05, 4.69) is 20.5 Å². The summed E-state index contributed by atoms with van der Waals surface area (Å²) in [5.74, 6) is 1.17. The third kappa shape index (κ3) is 6.88. The summed E-state index contributed by atoms with van der Waals surface area (Å²) in [6.45, 7) is 1.43. The molecule has 6 aromatic rings. The van der Waals surface area contributed by atoms with Crippen molar-refractivity contribution in [2.24, 2.45) is 0 Å². The smallest absolute Gasteiger partial charge is 0.228 e. The fourth-order valence-corrected chi connectivity index (χ4v) is 5.35. The molecule has 0 radical (unpaired) electrons. The number of pyridine rings is 1. The first-order valence-electron chi connectivity index (χ1n) is 13.9. The molecular weight excluding hydrogens is 558 g/mol. The number of fused-ring (bicyclic) bond motifs is 1. The molecule has 0 aliphatic heterocycles. The predicted octanol–water partition coefficient (Wildman–Crippen LogP) is 6.39. The molecule has 10 heteroatoms. The molecule has 0 spiro atoms. The Labute approximate surface area is 253 Å². The fraction of sp³-hybridized carbons (Fsp3) is 0.152. The SMILES string of the molecule is CN(C)CCOc1cccc(Nc2nccc(-c3c(-c4cccc(NC(=O)Cc5ccsc5)c4)nn4ccccc34)n2)c1. The molecule has 2 aromatic carbocycles. The molecule has 216 valence electrons. The van der Waals surface area contributed by atoms with Gasteiger partial charge in [0.05, 0.1) is 23.2 Å². The van der Waals surface area contributed by atoms with E-state index in [-0.39, 0.29) is 5.91 Å². The Morgan fingerprint density at radius 2 is 1.88 bits per heavy atom. The number of thiophene rings is 1. The molecule has 0 unspecified atom stereocenters. The lowest BCUT2D eigenvalue weighted by molar-refractivity contribution is -0.115. The Bertz CT molecular complexity index is 1850. The van der Waals surface area contributed by atoms with Crippen LogP contribution in [0.25, 0.3) is 28.0 Å². The number of rotatable bonds is 11. The first kappa shape index (κ1) is 28.1. The van der Waals surface area contributed by atoms with E-state index in [4.69, 9.17) is 14.8 Å². The molecule has 6 rings (SSSR count). The zero-order valence-electron chi connectivity index (χ0n) is 23.9. The maximum absolute atomic E-state index is 12.7. The Morgan fingerprint density at radius 1 is 1.00 bits per heavy atom. The second-order valence-electron chi connectivity index (χ2n) is 10.3. The normalized spacial score (nSPS) is 11.1. The van der Waals surface area contributed by atoms with Gasteiger partial charge >= 0.3 is 0 Å². The van der Waals surface area contributed by atoms with E-state index >= 15 is 0 Å². The maximum atomic E-state index is 12.7. The standard InChI is InChI=1S/C33H31N7O2S/c1-39(2)16-17-42-27-10-6-9-26(21-27)36-33-34-14-12-28(37-33)31-29-11-3-4-15-40(29)38-32(31)24-7-5-8-25(20-24)35-30(41)19-23-13-18-43-22-23/h3-15,18,20-22H,16-17,19H2,1-2H3,(H,35,41)(H,34,36,37). The number of ether oxygens (including phenoxy) is 1. The number of nitrogens with zero attached hydrogens (tertiary/aromatic N) is 5. The van der Waals surface area contributed by atoms with Crippen LogP contribution in [0.4, 0.5) is 17.3 Å². The minimum Gasteiger partial charge on any atom is -0.492 e. The number of carbonyl (C=O) groups is 1. The lowest BCUT2D eigenvalue weighted by Gasteiger charge is -2.12. The lowest BCUT2D eigenvalue weighted by atomic mass is 10.0. The molecule has 0 aliphatic carbocycles. The number of hydrogen-bond acceptors (Lipinski definition) is 8. The van der Waals surface area contributed by atoms with Gasteiger partial charge in [0.25, 0.3) is 0 Å². The average Bonchev–Trinajstić information content (AvgIpc) is 3.65. The first-order chi connectivity index (χ1) is 21.0. The van der Waals surface area contributed by atoms with Gasteiger partial charge in [-0.2, -0.15) is 16.4 Å². The van der Waals surface area contributed by atoms with Crippen LogP contribution < -0.4 is 15.4 Å². The van der Waals surface area contributed by atoms with Gasteiger partial charge in [0.1, 0.15) is 18.1 Å². The number of hydrogen-bond donors (Lipinski definition) is 2. The van der Waals surface area contributed by atoms with Gasteiger partial charge in [-0.1, -0.05) is 24.3 Å². The highest BCUT2D eigenvalue weighted by molar-refractivity contribution is 7.08. The molecule has 43 heavy (non-hydrogen) atoms. The molecule has 4 heterocycles. The molecule has 4 aromatic heterocycles. The number of anilines is 3. The van der Waals surface area contributed by atoms with Gasteiger partial charge in [-0.15, -0.1) is 0 Å². The van der Waals surface area contributed by atoms with Gasteiger partial charge < -0.3 is 20.3 Å². The Balaban J connectivity index is 1.29. The van der Waals surface area contributed by atoms with E-state index in [0.29, 0.717) is 24.7 Å². The van der Waals surface area contributed by atoms with E-state index in [1.165, 1.54) is 0 Å². The summed E-state index contributed by atoms with van der Waals surface area (Å²) in [7, 11) is 4.03. The number of benzene rings is 2. The van der Waals surface area contributed by atoms with Crippen molar-refractivity contribution in [1.82, 2.24) is 24.5 Å². The van der Waals surface area contributed by atoms with Gasteiger partial charge in [0.2, 0.25) is 11.9 Å². The van der Waals surface area contributed by atoms with Crippen molar-refractivity contribution in [1.29, 1.82) is 0 Å². The van der Waals surface area contributed by atoms with Crippen molar-refractivity contribution >= 4 is 40.1 Å². The van der Waals surface area contributed by atoms with Crippen molar-refractivity contribution in [2.75, 3.05) is 37.9 Å². The first-order valence-corrected chi connectivity index (χ1v) is 14.8. The van der Waals surface area contributed by atoms with Crippen molar-refractivity contribution in [3.8, 4) is 28.3 Å². The fourth-order valence-electron chi connectivity index (χ4n) is 4.68. The minimum atomic E-state index is -0.0653. The number of nitrogens with one attached hydrogen (secondary N) is 2. The lowest BCUT2D eigenvalue weighted by Crippen LogP contribution is -2.19. The third-order valence-electron chi connectivity index (χ3n) is 6.71. The van der Waals surface area contributed by atoms with E-state index in [1.807, 2.05) is 114 Å². The van der Waals surface area contributed by atoms with E-state index in [0.717, 1.165) is 51.6 Å². The number of aromatic nitrogens is 4. The number of amides is 1. The molecule has 9 nitrogen and oxygen atoms in total. The average molecular weight is 590 g/mol. The van der Waals surface area contributed by atoms with Crippen molar-refractivity contribution in [3.63, 3.8) is 0 Å². The summed E-state index contributed by atoms with van der Waals surface area (Å²) in [6.07, 6.45) is 3.98. The number of carbonyl (C=O) groups excluding carboxylic acids is 1. The van der Waals surface area contributed by atoms with Crippen LogP contribution >= 0.6 is 11.3 Å². The highest BCUT2D eigenvalue weighted by Gasteiger charge is 2.19. The van der Waals surface area contributed by atoms with Crippen LogP contribution in [0.15, 0.2) is 102 Å². The molecule has 0 atom stereocenters. The van der Waals surface area contributed by atoms with Crippen LogP contribution in [-0.2, 0) is 11.2 Å². The molecule has 0 saturated heterocycles. The van der Waals surface area contributed by atoms with E-state index < -0.39 is 0 Å². The van der Waals surface area contributed by atoms with Crippen LogP contribution in [0.1, 0.15) is 5.56 Å². The Morgan fingerprint density at radius 3 is 2.74 bits per heavy atom. The minimum absolute atomic E-state index is 0.0653. The molecule has 0 bridgehead atoms. The molecule has 2 N–H and O–H groups in total. The molecule has 0 saturated carbocycles. The Kier molecular flexibility index (Phi) is 8.39. The highest BCUT2D eigenvalue weighted by atomic mass is 32.1. The van der Waals surface area contributed by atoms with Crippen molar-refractivity contribution < 1.29 is 9.53 Å². The molecule has 0 aliphatic rings. The van der Waals surface area contributed by atoms with Gasteiger partial charge in [-0.25, -0.2) is 14.5 Å². The summed E-state index contributed by atoms with van der Waals surface area (Å²) in [5.41, 5.74) is 6.64. The zero-order chi connectivity index (χ0) is 29.6. The number of likely N-dealkylation sites (N-methyl/N-ethyl adjacent to an activating group) is 1. The van der Waals surface area contributed by atoms with E-state index in [1.54, 1.807) is 17.5 Å². The second-order valence-corrected chi connectivity index (χ2v) is 11.0. The summed E-state index contributed by atoms with van der Waals surface area (Å²) >= 11 is 1.58. The van der Waals surface area contributed by atoms with Crippen molar-refractivity contribution in [2.45, 2.75) is 6.42 Å². The summed E-state index contributed by atoms with van der Waals surface area (Å²) < 4.78 is 7.73. The van der Waals surface area contributed by atoms with Gasteiger partial charge in [0.15, 0.2) is 0 Å². The molecule has 1 amide bonds. The third-order valence-corrected chi connectivity index (χ3v) is 7.45. The summed E-state index contributed by atoms with van der Waals surface area (Å²) in [5, 5.41) is 15.2. The van der Waals surface area contributed by atoms with Gasteiger partial charge in [0, 0.05) is 41.9 Å². The molecule has 0 fully saturated rings. The zero-order valence-corrected chi connectivity index (χ0v) is 24.7. The van der Waals surface area contributed by atoms with Crippen LogP contribution in [0.3, 0.4) is 0 Å². The van der Waals surface area contributed by atoms with Crippen LogP contribution in [0, 0.1) is 0 Å². The maximum Gasteiger partial charge on any atom is 0.228 e. The summed E-state index contributed by atoms with van der Waals surface area (Å²) in [6, 6.07) is 25.3. The Hall–Kier alpha value is -5.06. The van der Waals surface area contributed by atoms with Gasteiger partial charge in [-0.05, 0) is 78.9 Å². The molecular formula is C33H31N7O2S. The van der Waals surface area contributed by atoms with Crippen molar-refractivity contribution in [3.05, 3.63) is 108 Å².